The number of aromatic nitrogens is 4. The van der Waals surface area contributed by atoms with E-state index < -0.39 is 15.7 Å². The number of imidazole rings is 1. The molecule has 0 aliphatic heterocycles. The highest BCUT2D eigenvalue weighted by atomic mass is 32.2. The van der Waals surface area contributed by atoms with Crippen molar-refractivity contribution in [3.8, 4) is 11.8 Å². The van der Waals surface area contributed by atoms with Gasteiger partial charge in [-0.2, -0.15) is 5.26 Å². The Hall–Kier alpha value is -4.04. The van der Waals surface area contributed by atoms with Crippen LogP contribution in [0.2, 0.25) is 0 Å². The van der Waals surface area contributed by atoms with Crippen LogP contribution in [-0.4, -0.2) is 40.7 Å². The van der Waals surface area contributed by atoms with Gasteiger partial charge in [0.05, 0.1) is 21.6 Å². The monoisotopic (exact) mass is 451 g/mol. The molecule has 0 unspecified atom stereocenters. The third-order valence-corrected chi connectivity index (χ3v) is 5.97. The zero-order valence-electron chi connectivity index (χ0n) is 16.9. The first-order chi connectivity index (χ1) is 15.3. The van der Waals surface area contributed by atoms with E-state index in [4.69, 9.17) is 5.73 Å². The molecule has 4 rings (SSSR count). The van der Waals surface area contributed by atoms with Crippen molar-refractivity contribution in [3.05, 3.63) is 66.0 Å². The van der Waals surface area contributed by atoms with Gasteiger partial charge in [0.2, 0.25) is 0 Å². The van der Waals surface area contributed by atoms with E-state index in [2.05, 4.69) is 20.3 Å². The molecule has 0 spiro atoms. The van der Waals surface area contributed by atoms with Crippen LogP contribution in [0, 0.1) is 17.1 Å². The number of nitrogens with zero attached hydrogens (tertiary/aromatic N) is 5. The van der Waals surface area contributed by atoms with Gasteiger partial charge >= 0.3 is 0 Å². The van der Waals surface area contributed by atoms with Crippen molar-refractivity contribution < 1.29 is 12.8 Å². The molecule has 0 saturated carbocycles. The fourth-order valence-electron chi connectivity index (χ4n) is 3.43. The molecule has 0 aliphatic rings. The third-order valence-electron chi connectivity index (χ3n) is 4.82. The molecular formula is C21H18FN7O2S. The van der Waals surface area contributed by atoms with Crippen LogP contribution in [0.5, 0.6) is 0 Å². The number of nitrogens with one attached hydrogen (secondary N) is 1. The number of fused-ring (bicyclic) bond motifs is 1. The Kier molecular flexibility index (Phi) is 5.46. The molecule has 9 nitrogen and oxygen atoms in total. The summed E-state index contributed by atoms with van der Waals surface area (Å²) in [7, 11) is -3.56. The van der Waals surface area contributed by atoms with Crippen LogP contribution in [0.3, 0.4) is 0 Å². The number of nitriles is 1. The molecule has 0 fully saturated rings. The van der Waals surface area contributed by atoms with Crippen molar-refractivity contribution in [1.29, 1.82) is 5.26 Å². The Morgan fingerprint density at radius 1 is 1.22 bits per heavy atom. The Bertz CT molecular complexity index is 1480. The highest BCUT2D eigenvalue weighted by molar-refractivity contribution is 7.90. The van der Waals surface area contributed by atoms with E-state index >= 15 is 0 Å². The maximum absolute atomic E-state index is 14.0. The smallest absolute Gasteiger partial charge is 0.177 e. The predicted octanol–water partition coefficient (Wildman–Crippen LogP) is 2.47. The fourth-order valence-corrected chi connectivity index (χ4v) is 4.29. The molecule has 2 aromatic heterocycles. The topological polar surface area (TPSA) is 140 Å². The number of sulfone groups is 1. The molecule has 0 atom stereocenters. The minimum absolute atomic E-state index is 0.0646. The van der Waals surface area contributed by atoms with Crippen LogP contribution >= 0.6 is 0 Å². The summed E-state index contributed by atoms with van der Waals surface area (Å²) in [6, 6.07) is 12.6. The number of hydrogen-bond donors (Lipinski definition) is 2. The van der Waals surface area contributed by atoms with Crippen LogP contribution in [0.15, 0.2) is 53.7 Å². The number of nitrogen functional groups attached to an aromatic ring is 1. The van der Waals surface area contributed by atoms with Gasteiger partial charge in [-0.05, 0) is 24.3 Å². The third kappa shape index (κ3) is 3.95. The second-order valence-electron chi connectivity index (χ2n) is 7.01. The normalized spacial score (nSPS) is 11.4. The van der Waals surface area contributed by atoms with Gasteiger partial charge in [0.25, 0.3) is 0 Å². The van der Waals surface area contributed by atoms with Gasteiger partial charge in [-0.3, -0.25) is 4.57 Å². The first-order valence-electron chi connectivity index (χ1n) is 9.50. The quantitative estimate of drug-likeness (QED) is 0.456. The van der Waals surface area contributed by atoms with Gasteiger partial charge in [-0.15, -0.1) is 0 Å². The average molecular weight is 451 g/mol. The van der Waals surface area contributed by atoms with Crippen molar-refractivity contribution in [2.45, 2.75) is 11.3 Å². The number of halogens is 1. The van der Waals surface area contributed by atoms with E-state index in [9.17, 15) is 18.1 Å². The molecule has 32 heavy (non-hydrogen) atoms. The van der Waals surface area contributed by atoms with Crippen molar-refractivity contribution in [3.63, 3.8) is 0 Å². The van der Waals surface area contributed by atoms with Crippen molar-refractivity contribution in [1.82, 2.24) is 19.5 Å². The Balaban J connectivity index is 1.77. The van der Waals surface area contributed by atoms with E-state index in [1.807, 2.05) is 6.07 Å². The summed E-state index contributed by atoms with van der Waals surface area (Å²) in [5.41, 5.74) is 7.19. The van der Waals surface area contributed by atoms with Crippen molar-refractivity contribution in [2.24, 2.45) is 0 Å². The first kappa shape index (κ1) is 21.2. The SMILES string of the molecule is CS(=O)(=O)c1ccccc1-n1c(CCNc2ncnc(N)c2C#N)nc2ccc(F)cc21. The summed E-state index contributed by atoms with van der Waals surface area (Å²) in [6.07, 6.45) is 2.69. The molecule has 3 N–H and O–H groups in total. The zero-order chi connectivity index (χ0) is 22.9. The zero-order valence-corrected chi connectivity index (χ0v) is 17.8. The highest BCUT2D eigenvalue weighted by Crippen LogP contribution is 2.27. The Morgan fingerprint density at radius 2 is 2.00 bits per heavy atom. The summed E-state index contributed by atoms with van der Waals surface area (Å²) in [6.45, 7) is 0.304. The molecule has 0 amide bonds. The number of anilines is 2. The van der Waals surface area contributed by atoms with E-state index in [0.29, 0.717) is 35.5 Å². The van der Waals surface area contributed by atoms with Crippen LogP contribution in [0.4, 0.5) is 16.0 Å². The second kappa shape index (κ2) is 8.24. The number of para-hydroxylation sites is 1. The van der Waals surface area contributed by atoms with E-state index in [-0.39, 0.29) is 22.1 Å². The van der Waals surface area contributed by atoms with Crippen LogP contribution in [0.1, 0.15) is 11.4 Å². The molecule has 0 bridgehead atoms. The van der Waals surface area contributed by atoms with E-state index in [1.165, 1.54) is 24.5 Å². The van der Waals surface area contributed by atoms with Gasteiger partial charge in [0.15, 0.2) is 9.84 Å². The molecule has 0 aliphatic carbocycles. The molecule has 2 heterocycles. The molecule has 162 valence electrons. The minimum Gasteiger partial charge on any atom is -0.382 e. The fraction of sp³-hybridized carbons (Fsp3) is 0.143. The molecule has 0 saturated heterocycles. The molecule has 11 heteroatoms. The lowest BCUT2D eigenvalue weighted by atomic mass is 10.2. The maximum atomic E-state index is 14.0. The number of hydrogen-bond acceptors (Lipinski definition) is 8. The maximum Gasteiger partial charge on any atom is 0.177 e. The average Bonchev–Trinajstić information content (AvgIpc) is 3.10. The summed E-state index contributed by atoms with van der Waals surface area (Å²) >= 11 is 0. The number of rotatable bonds is 6. The largest absolute Gasteiger partial charge is 0.382 e. The van der Waals surface area contributed by atoms with Crippen LogP contribution in [-0.2, 0) is 16.3 Å². The van der Waals surface area contributed by atoms with Gasteiger partial charge in [-0.1, -0.05) is 12.1 Å². The lowest BCUT2D eigenvalue weighted by Crippen LogP contribution is -2.13. The van der Waals surface area contributed by atoms with Gasteiger partial charge in [-0.25, -0.2) is 27.8 Å². The number of nitrogens with two attached hydrogens (primary N) is 1. The first-order valence-corrected chi connectivity index (χ1v) is 11.4. The van der Waals surface area contributed by atoms with Gasteiger partial charge in [0, 0.05) is 25.3 Å². The molecule has 4 aromatic rings. The van der Waals surface area contributed by atoms with Crippen LogP contribution < -0.4 is 11.1 Å². The number of benzene rings is 2. The second-order valence-corrected chi connectivity index (χ2v) is 8.99. The van der Waals surface area contributed by atoms with E-state index in [0.717, 1.165) is 6.26 Å². The Morgan fingerprint density at radius 3 is 2.75 bits per heavy atom. The Labute approximate surface area is 183 Å². The van der Waals surface area contributed by atoms with Crippen LogP contribution in [0.25, 0.3) is 16.7 Å². The summed E-state index contributed by atoms with van der Waals surface area (Å²) in [4.78, 5) is 12.5. The molecule has 0 radical (unpaired) electrons. The lowest BCUT2D eigenvalue weighted by molar-refractivity contribution is 0.601. The molecular weight excluding hydrogens is 433 g/mol. The standard InChI is InChI=1S/C21H18FN7O2S/c1-32(30,31)18-5-3-2-4-16(18)29-17-10-13(22)6-7-15(17)28-19(29)8-9-25-21-14(11-23)20(24)26-12-27-21/h2-7,10,12H,8-9H2,1H3,(H3,24,25,26,27). The highest BCUT2D eigenvalue weighted by Gasteiger charge is 2.20. The van der Waals surface area contributed by atoms with Gasteiger partial charge < -0.3 is 11.1 Å². The van der Waals surface area contributed by atoms with Crippen molar-refractivity contribution >= 4 is 32.5 Å². The van der Waals surface area contributed by atoms with Crippen molar-refractivity contribution in [2.75, 3.05) is 23.9 Å². The van der Waals surface area contributed by atoms with Gasteiger partial charge in [0.1, 0.15) is 41.2 Å². The minimum atomic E-state index is -3.56. The summed E-state index contributed by atoms with van der Waals surface area (Å²) in [5, 5.41) is 12.3. The summed E-state index contributed by atoms with van der Waals surface area (Å²) in [5.74, 6) is 0.394. The summed E-state index contributed by atoms with van der Waals surface area (Å²) < 4.78 is 40.5. The lowest BCUT2D eigenvalue weighted by Gasteiger charge is -2.14. The van der Waals surface area contributed by atoms with E-state index in [1.54, 1.807) is 28.8 Å². The molecule has 2 aromatic carbocycles. The predicted molar refractivity (Wildman–Crippen MR) is 117 cm³/mol.